The van der Waals surface area contributed by atoms with Crippen LogP contribution in [0, 0.1) is 0 Å². The molecule has 1 N–H and O–H groups in total. The summed E-state index contributed by atoms with van der Waals surface area (Å²) in [5.41, 5.74) is 0.489. The first-order valence-electron chi connectivity index (χ1n) is 7.27. The first-order chi connectivity index (χ1) is 10.6. The third-order valence-corrected chi connectivity index (χ3v) is 4.06. The van der Waals surface area contributed by atoms with Gasteiger partial charge >= 0.3 is 0 Å². The fraction of sp³-hybridized carbons (Fsp3) is 0.294. The summed E-state index contributed by atoms with van der Waals surface area (Å²) in [6, 6.07) is 11.0. The monoisotopic (exact) mass is 298 g/mol. The second-order valence-corrected chi connectivity index (χ2v) is 5.37. The summed E-state index contributed by atoms with van der Waals surface area (Å²) in [5, 5.41) is 4.75. The van der Waals surface area contributed by atoms with Gasteiger partial charge in [0.15, 0.2) is 0 Å². The van der Waals surface area contributed by atoms with E-state index < -0.39 is 6.04 Å². The number of rotatable bonds is 2. The Balaban J connectivity index is 2.04. The fourth-order valence-corrected chi connectivity index (χ4v) is 2.77. The van der Waals surface area contributed by atoms with Crippen molar-refractivity contribution in [3.05, 3.63) is 42.0 Å². The lowest BCUT2D eigenvalue weighted by Crippen LogP contribution is -2.55. The minimum atomic E-state index is -0.475. The zero-order valence-corrected chi connectivity index (χ0v) is 12.6. The van der Waals surface area contributed by atoms with Crippen LogP contribution < -0.4 is 10.1 Å². The van der Waals surface area contributed by atoms with Crippen LogP contribution in [0.15, 0.2) is 36.4 Å². The number of hydrogen-bond acceptors (Lipinski definition) is 3. The van der Waals surface area contributed by atoms with Crippen LogP contribution in [0.25, 0.3) is 10.8 Å². The van der Waals surface area contributed by atoms with Crippen molar-refractivity contribution in [2.45, 2.75) is 13.0 Å². The molecule has 0 aliphatic carbocycles. The van der Waals surface area contributed by atoms with E-state index in [1.807, 2.05) is 36.4 Å². The van der Waals surface area contributed by atoms with Crippen LogP contribution in [-0.4, -0.2) is 43.0 Å². The summed E-state index contributed by atoms with van der Waals surface area (Å²) >= 11 is 0. The highest BCUT2D eigenvalue weighted by Crippen LogP contribution is 2.27. The van der Waals surface area contributed by atoms with Crippen LogP contribution in [-0.2, 0) is 4.79 Å². The van der Waals surface area contributed by atoms with Crippen LogP contribution in [0.1, 0.15) is 17.3 Å². The molecule has 5 heteroatoms. The van der Waals surface area contributed by atoms with Crippen molar-refractivity contribution in [2.75, 3.05) is 20.2 Å². The Bertz CT molecular complexity index is 742. The van der Waals surface area contributed by atoms with Crippen LogP contribution in [0.3, 0.4) is 0 Å². The van der Waals surface area contributed by atoms with Crippen molar-refractivity contribution in [3.63, 3.8) is 0 Å². The molecule has 3 rings (SSSR count). The van der Waals surface area contributed by atoms with Crippen molar-refractivity contribution in [1.82, 2.24) is 10.2 Å². The lowest BCUT2D eigenvalue weighted by atomic mass is 10.0. The Morgan fingerprint density at radius 2 is 1.95 bits per heavy atom. The molecule has 0 spiro atoms. The van der Waals surface area contributed by atoms with E-state index in [-0.39, 0.29) is 11.8 Å². The molecule has 0 unspecified atom stereocenters. The molecule has 0 aromatic heterocycles. The number of ether oxygens (including phenoxy) is 1. The number of benzene rings is 2. The first kappa shape index (κ1) is 14.4. The third kappa shape index (κ3) is 2.39. The van der Waals surface area contributed by atoms with Gasteiger partial charge < -0.3 is 15.0 Å². The van der Waals surface area contributed by atoms with Gasteiger partial charge in [-0.15, -0.1) is 0 Å². The van der Waals surface area contributed by atoms with E-state index in [4.69, 9.17) is 4.74 Å². The van der Waals surface area contributed by atoms with Gasteiger partial charge in [-0.3, -0.25) is 9.59 Å². The molecule has 2 aromatic rings. The molecule has 0 bridgehead atoms. The van der Waals surface area contributed by atoms with Gasteiger partial charge in [0.25, 0.3) is 5.91 Å². The molecular formula is C17H18N2O3. The highest BCUT2D eigenvalue weighted by atomic mass is 16.5. The van der Waals surface area contributed by atoms with Crippen molar-refractivity contribution in [3.8, 4) is 5.75 Å². The number of nitrogens with one attached hydrogen (secondary N) is 1. The molecule has 114 valence electrons. The van der Waals surface area contributed by atoms with Gasteiger partial charge in [-0.25, -0.2) is 0 Å². The van der Waals surface area contributed by atoms with E-state index >= 15 is 0 Å². The Hall–Kier alpha value is -2.56. The summed E-state index contributed by atoms with van der Waals surface area (Å²) in [5.74, 6) is 0.228. The van der Waals surface area contributed by atoms with E-state index in [1.54, 1.807) is 18.9 Å². The van der Waals surface area contributed by atoms with Crippen molar-refractivity contribution in [2.24, 2.45) is 0 Å². The maximum Gasteiger partial charge on any atom is 0.258 e. The number of carbonyl (C=O) groups excluding carboxylic acids is 2. The van der Waals surface area contributed by atoms with E-state index in [2.05, 4.69) is 5.32 Å². The Labute approximate surface area is 128 Å². The van der Waals surface area contributed by atoms with Crippen LogP contribution in [0.4, 0.5) is 0 Å². The van der Waals surface area contributed by atoms with Gasteiger partial charge in [-0.2, -0.15) is 0 Å². The Kier molecular flexibility index (Phi) is 3.71. The quantitative estimate of drug-likeness (QED) is 0.920. The Morgan fingerprint density at radius 3 is 2.64 bits per heavy atom. The predicted octanol–water partition coefficient (Wildman–Crippen LogP) is 1.81. The maximum absolute atomic E-state index is 12.8. The average molecular weight is 298 g/mol. The zero-order valence-electron chi connectivity index (χ0n) is 12.6. The molecule has 1 atom stereocenters. The summed E-state index contributed by atoms with van der Waals surface area (Å²) in [4.78, 5) is 26.2. The van der Waals surface area contributed by atoms with E-state index in [1.165, 1.54) is 0 Å². The molecule has 5 nitrogen and oxygen atoms in total. The fourth-order valence-electron chi connectivity index (χ4n) is 2.77. The summed E-state index contributed by atoms with van der Waals surface area (Å²) < 4.78 is 5.38. The lowest BCUT2D eigenvalue weighted by molar-refractivity contribution is -0.127. The highest BCUT2D eigenvalue weighted by Gasteiger charge is 2.31. The molecule has 1 aliphatic heterocycles. The third-order valence-electron chi connectivity index (χ3n) is 4.06. The van der Waals surface area contributed by atoms with Gasteiger partial charge in [0.05, 0.1) is 12.7 Å². The molecule has 1 heterocycles. The molecule has 1 saturated heterocycles. The number of carbonyl (C=O) groups is 2. The van der Waals surface area contributed by atoms with E-state index in [9.17, 15) is 9.59 Å². The van der Waals surface area contributed by atoms with Crippen molar-refractivity contribution in [1.29, 1.82) is 0 Å². The van der Waals surface area contributed by atoms with Gasteiger partial charge in [0.1, 0.15) is 11.8 Å². The van der Waals surface area contributed by atoms with E-state index in [0.717, 1.165) is 10.8 Å². The maximum atomic E-state index is 12.8. The summed E-state index contributed by atoms with van der Waals surface area (Å²) in [6.45, 7) is 2.71. The number of nitrogens with zero attached hydrogens (tertiary/aromatic N) is 1. The van der Waals surface area contributed by atoms with E-state index in [0.29, 0.717) is 24.4 Å². The van der Waals surface area contributed by atoms with Crippen LogP contribution >= 0.6 is 0 Å². The normalized spacial score (nSPS) is 18.2. The van der Waals surface area contributed by atoms with Gasteiger partial charge in [0, 0.05) is 13.1 Å². The van der Waals surface area contributed by atoms with Gasteiger partial charge in [-0.1, -0.05) is 24.3 Å². The number of fused-ring (bicyclic) bond motifs is 1. The highest BCUT2D eigenvalue weighted by molar-refractivity contribution is 6.03. The number of amides is 2. The van der Waals surface area contributed by atoms with Crippen molar-refractivity contribution >= 4 is 22.6 Å². The largest absolute Gasteiger partial charge is 0.496 e. The summed E-state index contributed by atoms with van der Waals surface area (Å²) in [6.07, 6.45) is 0. The lowest BCUT2D eigenvalue weighted by Gasteiger charge is -2.33. The second kappa shape index (κ2) is 5.67. The average Bonchev–Trinajstić information content (AvgIpc) is 2.55. The SMILES string of the molecule is COc1cc2ccccc2cc1C(=O)N1CCNC(=O)[C@H]1C. The van der Waals surface area contributed by atoms with Gasteiger partial charge in [0.2, 0.25) is 5.91 Å². The zero-order chi connectivity index (χ0) is 15.7. The minimum absolute atomic E-state index is 0.126. The summed E-state index contributed by atoms with van der Waals surface area (Å²) in [7, 11) is 1.55. The standard InChI is InChI=1S/C17H18N2O3/c1-11-16(20)18-7-8-19(11)17(21)14-9-12-5-3-4-6-13(12)10-15(14)22-2/h3-6,9-11H,7-8H2,1-2H3,(H,18,20)/t11-/m1/s1. The molecule has 1 aliphatic rings. The number of piperazine rings is 1. The second-order valence-electron chi connectivity index (χ2n) is 5.37. The minimum Gasteiger partial charge on any atom is -0.496 e. The predicted molar refractivity (Wildman–Crippen MR) is 84.0 cm³/mol. The first-order valence-corrected chi connectivity index (χ1v) is 7.27. The van der Waals surface area contributed by atoms with Crippen molar-refractivity contribution < 1.29 is 14.3 Å². The topological polar surface area (TPSA) is 58.6 Å². The van der Waals surface area contributed by atoms with Crippen LogP contribution in [0.2, 0.25) is 0 Å². The molecule has 0 saturated carbocycles. The molecule has 2 aromatic carbocycles. The molecular weight excluding hydrogens is 280 g/mol. The molecule has 1 fully saturated rings. The molecule has 22 heavy (non-hydrogen) atoms. The number of methoxy groups -OCH3 is 1. The number of hydrogen-bond donors (Lipinski definition) is 1. The van der Waals surface area contributed by atoms with Crippen LogP contribution in [0.5, 0.6) is 5.75 Å². The molecule has 2 amide bonds. The smallest absolute Gasteiger partial charge is 0.258 e. The molecule has 0 radical (unpaired) electrons. The Morgan fingerprint density at radius 1 is 1.27 bits per heavy atom. The van der Waals surface area contributed by atoms with Gasteiger partial charge in [-0.05, 0) is 29.8 Å².